The van der Waals surface area contributed by atoms with E-state index in [-0.39, 0.29) is 35.4 Å². The lowest BCUT2D eigenvalue weighted by molar-refractivity contribution is -0.149. The Hall–Kier alpha value is -1.86. The highest BCUT2D eigenvalue weighted by atomic mass is 35.5. The molecule has 0 saturated carbocycles. The third-order valence-electron chi connectivity index (χ3n) is 4.43. The van der Waals surface area contributed by atoms with Crippen molar-refractivity contribution in [2.24, 2.45) is 5.92 Å². The normalized spacial score (nSPS) is 27.6. The van der Waals surface area contributed by atoms with E-state index in [4.69, 9.17) is 25.8 Å². The molecule has 2 aliphatic heterocycles. The van der Waals surface area contributed by atoms with Gasteiger partial charge >= 0.3 is 5.97 Å². The summed E-state index contributed by atoms with van der Waals surface area (Å²) in [5, 5.41) is 3.46. The molecule has 3 heterocycles. The number of hydrogen-bond acceptors (Lipinski definition) is 7. The van der Waals surface area contributed by atoms with Crippen LogP contribution in [0.3, 0.4) is 0 Å². The van der Waals surface area contributed by atoms with Crippen molar-refractivity contribution in [2.45, 2.75) is 44.9 Å². The number of nitrogens with one attached hydrogen (secondary N) is 1. The third kappa shape index (κ3) is 3.88. The molecule has 2 fully saturated rings. The van der Waals surface area contributed by atoms with Gasteiger partial charge < -0.3 is 19.5 Å². The maximum absolute atomic E-state index is 12.4. The van der Waals surface area contributed by atoms with Crippen LogP contribution in [0, 0.1) is 5.92 Å². The average molecular weight is 368 g/mol. The zero-order valence-corrected chi connectivity index (χ0v) is 15.0. The summed E-state index contributed by atoms with van der Waals surface area (Å²) >= 11 is 5.95. The van der Waals surface area contributed by atoms with Gasteiger partial charge in [0.25, 0.3) is 0 Å². The highest BCUT2D eigenvalue weighted by molar-refractivity contribution is 6.28. The van der Waals surface area contributed by atoms with E-state index in [0.717, 1.165) is 18.4 Å². The van der Waals surface area contributed by atoms with Crippen LogP contribution >= 0.6 is 11.6 Å². The fourth-order valence-electron chi connectivity index (χ4n) is 3.38. The second kappa shape index (κ2) is 8.01. The van der Waals surface area contributed by atoms with E-state index in [1.807, 2.05) is 6.92 Å². The number of carbonyl (C=O) groups is 1. The molecule has 4 atom stereocenters. The van der Waals surface area contributed by atoms with Crippen LogP contribution in [0.4, 0.5) is 5.82 Å². The summed E-state index contributed by atoms with van der Waals surface area (Å²) in [7, 11) is 0. The van der Waals surface area contributed by atoms with Gasteiger partial charge in [-0.2, -0.15) is 0 Å². The Bertz CT molecular complexity index is 655. The first-order valence-corrected chi connectivity index (χ1v) is 8.91. The Morgan fingerprint density at radius 3 is 2.96 bits per heavy atom. The number of esters is 1. The second-order valence-electron chi connectivity index (χ2n) is 5.94. The van der Waals surface area contributed by atoms with E-state index in [1.165, 1.54) is 0 Å². The summed E-state index contributed by atoms with van der Waals surface area (Å²) in [6, 6.07) is -0.206. The maximum atomic E-state index is 12.4. The summed E-state index contributed by atoms with van der Waals surface area (Å²) in [5.41, 5.74) is 0.725. The first-order valence-electron chi connectivity index (χ1n) is 8.53. The number of aromatic nitrogens is 2. The number of carbonyl (C=O) groups excluding carboxylic acids is 1. The molecule has 7 nitrogen and oxygen atoms in total. The van der Waals surface area contributed by atoms with Gasteiger partial charge in [-0.25, -0.2) is 9.97 Å². The quantitative estimate of drug-likeness (QED) is 0.450. The first kappa shape index (κ1) is 17.9. The van der Waals surface area contributed by atoms with Gasteiger partial charge in [0.1, 0.15) is 11.7 Å². The van der Waals surface area contributed by atoms with Crippen molar-refractivity contribution in [3.8, 4) is 0 Å². The molecule has 0 unspecified atom stereocenters. The van der Waals surface area contributed by atoms with Gasteiger partial charge in [0.05, 0.1) is 37.7 Å². The minimum Gasteiger partial charge on any atom is -0.501 e. The molecule has 0 amide bonds. The van der Waals surface area contributed by atoms with Crippen LogP contribution in [-0.2, 0) is 19.0 Å². The number of nitrogens with zero attached hydrogens (tertiary/aromatic N) is 2. The Labute approximate surface area is 151 Å². The van der Waals surface area contributed by atoms with E-state index in [0.29, 0.717) is 19.0 Å². The molecule has 0 radical (unpaired) electrons. The standard InChI is InChI=1S/C17H22ClN3O4/c1-3-23-8-7-10-9-19-17(18)21-15(10)20-14-12-6-5-11(25-12)13(14)16(22)24-4-2/h7-9,11-14H,3-6H2,1-2H3,(H,19,20,21)/b8-7+/t11-,12+,13-,14-/m0/s1. The molecule has 1 N–H and O–H groups in total. The molecule has 0 aliphatic carbocycles. The van der Waals surface area contributed by atoms with Crippen molar-refractivity contribution in [3.63, 3.8) is 0 Å². The zero-order chi connectivity index (χ0) is 17.8. The van der Waals surface area contributed by atoms with Gasteiger partial charge in [-0.15, -0.1) is 0 Å². The van der Waals surface area contributed by atoms with Crippen LogP contribution < -0.4 is 5.32 Å². The van der Waals surface area contributed by atoms with Crippen molar-refractivity contribution in [3.05, 3.63) is 23.3 Å². The molecular weight excluding hydrogens is 346 g/mol. The van der Waals surface area contributed by atoms with E-state index in [2.05, 4.69) is 15.3 Å². The Kier molecular flexibility index (Phi) is 5.75. The van der Waals surface area contributed by atoms with E-state index < -0.39 is 0 Å². The summed E-state index contributed by atoms with van der Waals surface area (Å²) in [4.78, 5) is 20.6. The predicted molar refractivity (Wildman–Crippen MR) is 93.1 cm³/mol. The molecule has 8 heteroatoms. The Balaban J connectivity index is 1.82. The fraction of sp³-hybridized carbons (Fsp3) is 0.588. The lowest BCUT2D eigenvalue weighted by Crippen LogP contribution is -2.43. The van der Waals surface area contributed by atoms with Crippen molar-refractivity contribution in [1.82, 2.24) is 9.97 Å². The minimum absolute atomic E-state index is 0.0446. The lowest BCUT2D eigenvalue weighted by atomic mass is 9.84. The topological polar surface area (TPSA) is 82.6 Å². The highest BCUT2D eigenvalue weighted by Crippen LogP contribution is 2.41. The van der Waals surface area contributed by atoms with Crippen LogP contribution in [0.1, 0.15) is 32.3 Å². The van der Waals surface area contributed by atoms with Crippen molar-refractivity contribution in [2.75, 3.05) is 18.5 Å². The largest absolute Gasteiger partial charge is 0.501 e. The lowest BCUT2D eigenvalue weighted by Gasteiger charge is -2.28. The highest BCUT2D eigenvalue weighted by Gasteiger charge is 2.53. The number of rotatable bonds is 7. The Morgan fingerprint density at radius 2 is 2.20 bits per heavy atom. The maximum Gasteiger partial charge on any atom is 0.313 e. The zero-order valence-electron chi connectivity index (χ0n) is 14.3. The number of ether oxygens (including phenoxy) is 3. The molecule has 136 valence electrons. The Morgan fingerprint density at radius 1 is 1.40 bits per heavy atom. The van der Waals surface area contributed by atoms with Gasteiger partial charge in [-0.05, 0) is 44.4 Å². The van der Waals surface area contributed by atoms with E-state index in [1.54, 1.807) is 25.5 Å². The molecule has 2 aliphatic rings. The van der Waals surface area contributed by atoms with Gasteiger partial charge in [0.2, 0.25) is 5.28 Å². The fourth-order valence-corrected chi connectivity index (χ4v) is 3.52. The van der Waals surface area contributed by atoms with Crippen molar-refractivity contribution in [1.29, 1.82) is 0 Å². The average Bonchev–Trinajstić information content (AvgIpc) is 3.18. The smallest absolute Gasteiger partial charge is 0.313 e. The number of halogens is 1. The van der Waals surface area contributed by atoms with Crippen LogP contribution in [0.25, 0.3) is 6.08 Å². The van der Waals surface area contributed by atoms with Gasteiger partial charge in [-0.1, -0.05) is 0 Å². The predicted octanol–water partition coefficient (Wildman–Crippen LogP) is 2.66. The summed E-state index contributed by atoms with van der Waals surface area (Å²) < 4.78 is 16.4. The summed E-state index contributed by atoms with van der Waals surface area (Å²) in [6.45, 7) is 4.62. The molecular formula is C17H22ClN3O4. The molecule has 3 rings (SSSR count). The molecule has 0 spiro atoms. The van der Waals surface area contributed by atoms with E-state index >= 15 is 0 Å². The van der Waals surface area contributed by atoms with Crippen LogP contribution in [0.2, 0.25) is 5.28 Å². The van der Waals surface area contributed by atoms with Crippen molar-refractivity contribution >= 4 is 29.5 Å². The third-order valence-corrected chi connectivity index (χ3v) is 4.62. The minimum atomic E-state index is -0.351. The van der Waals surface area contributed by atoms with Gasteiger partial charge in [0.15, 0.2) is 0 Å². The van der Waals surface area contributed by atoms with Gasteiger partial charge in [-0.3, -0.25) is 4.79 Å². The molecule has 1 aromatic rings. The van der Waals surface area contributed by atoms with E-state index in [9.17, 15) is 4.79 Å². The summed E-state index contributed by atoms with van der Waals surface area (Å²) in [5.74, 6) is -0.0404. The molecule has 2 saturated heterocycles. The second-order valence-corrected chi connectivity index (χ2v) is 6.28. The SMILES string of the molecule is CCO/C=C/c1cnc(Cl)nc1N[C@@H]1[C@@H](C(=O)OCC)[C@@H]2CC[C@H]1O2. The summed E-state index contributed by atoms with van der Waals surface area (Å²) in [6.07, 6.45) is 6.57. The molecule has 25 heavy (non-hydrogen) atoms. The van der Waals surface area contributed by atoms with Crippen LogP contribution in [0.5, 0.6) is 0 Å². The molecule has 2 bridgehead atoms. The molecule has 1 aromatic heterocycles. The van der Waals surface area contributed by atoms with Crippen LogP contribution in [-0.4, -0.2) is 47.4 Å². The van der Waals surface area contributed by atoms with Crippen LogP contribution in [0.15, 0.2) is 12.5 Å². The number of anilines is 1. The van der Waals surface area contributed by atoms with Gasteiger partial charge in [0, 0.05) is 11.8 Å². The number of hydrogen-bond donors (Lipinski definition) is 1. The molecule has 0 aromatic carbocycles. The number of fused-ring (bicyclic) bond motifs is 2. The monoisotopic (exact) mass is 367 g/mol. The first-order chi connectivity index (χ1) is 12.1. The van der Waals surface area contributed by atoms with Crippen molar-refractivity contribution < 1.29 is 19.0 Å².